The first-order valence-electron chi connectivity index (χ1n) is 5.23. The Kier molecular flexibility index (Phi) is 5.18. The predicted octanol–water partition coefficient (Wildman–Crippen LogP) is 2.89. The molecule has 1 N–H and O–H groups in total. The van der Waals surface area contributed by atoms with Crippen LogP contribution in [0, 0.1) is 0 Å². The highest BCUT2D eigenvalue weighted by Crippen LogP contribution is 2.37. The second kappa shape index (κ2) is 5.13. The molecule has 0 heterocycles. The van der Waals surface area contributed by atoms with Gasteiger partial charge in [-0.25, -0.2) is 0 Å². The molecule has 0 fully saturated rings. The first-order chi connectivity index (χ1) is 5.93. The van der Waals surface area contributed by atoms with Crippen LogP contribution in [-0.4, -0.2) is 22.1 Å². The molecule has 1 atom stereocenters. The molecule has 0 saturated carbocycles. The molecule has 0 aliphatic heterocycles. The van der Waals surface area contributed by atoms with E-state index in [9.17, 15) is 0 Å². The largest absolute Gasteiger partial charge is 0.406 e. The van der Waals surface area contributed by atoms with Crippen LogP contribution in [0.25, 0.3) is 0 Å². The minimum Gasteiger partial charge on any atom is -0.406 e. The Morgan fingerprint density at radius 1 is 1.23 bits per heavy atom. The zero-order valence-electron chi connectivity index (χ0n) is 10.0. The van der Waals surface area contributed by atoms with Gasteiger partial charge in [-0.15, -0.1) is 0 Å². The molecule has 2 nitrogen and oxygen atoms in total. The van der Waals surface area contributed by atoms with E-state index >= 15 is 0 Å². The third-order valence-electron chi connectivity index (χ3n) is 2.62. The van der Waals surface area contributed by atoms with Gasteiger partial charge in [-0.1, -0.05) is 41.0 Å². The molecular weight excluding hydrogens is 178 g/mol. The second-order valence-electron chi connectivity index (χ2n) is 4.56. The van der Waals surface area contributed by atoms with E-state index in [4.69, 9.17) is 4.43 Å². The van der Waals surface area contributed by atoms with Crippen molar-refractivity contribution in [2.24, 2.45) is 0 Å². The topological polar surface area (TPSA) is 21.3 Å². The van der Waals surface area contributed by atoms with Crippen molar-refractivity contribution < 1.29 is 4.43 Å². The zero-order valence-corrected chi connectivity index (χ0v) is 11.0. The zero-order chi connectivity index (χ0) is 10.5. The molecule has 3 heteroatoms. The molecule has 0 radical (unpaired) electrons. The first kappa shape index (κ1) is 13.1. The quantitative estimate of drug-likeness (QED) is 0.694. The van der Waals surface area contributed by atoms with E-state index in [-0.39, 0.29) is 5.04 Å². The Bertz CT molecular complexity index is 136. The lowest BCUT2D eigenvalue weighted by atomic mass is 10.2. The van der Waals surface area contributed by atoms with Crippen LogP contribution in [0.2, 0.25) is 11.1 Å². The van der Waals surface area contributed by atoms with Gasteiger partial charge in [-0.05, 0) is 17.6 Å². The lowest BCUT2D eigenvalue weighted by Crippen LogP contribution is -2.59. The van der Waals surface area contributed by atoms with Gasteiger partial charge < -0.3 is 9.41 Å². The Hall–Kier alpha value is 0.137. The molecule has 0 amide bonds. The van der Waals surface area contributed by atoms with Crippen LogP contribution in [0.15, 0.2) is 0 Å². The highest BCUT2D eigenvalue weighted by atomic mass is 28.4. The summed E-state index contributed by atoms with van der Waals surface area (Å²) in [5, 5.41) is 0.272. The van der Waals surface area contributed by atoms with Gasteiger partial charge >= 0.3 is 0 Å². The van der Waals surface area contributed by atoms with Crippen molar-refractivity contribution in [1.29, 1.82) is 0 Å². The van der Waals surface area contributed by atoms with Crippen molar-refractivity contribution in [3.63, 3.8) is 0 Å². The van der Waals surface area contributed by atoms with Crippen LogP contribution >= 0.6 is 0 Å². The smallest absolute Gasteiger partial charge is 0.273 e. The van der Waals surface area contributed by atoms with Crippen LogP contribution in [0.3, 0.4) is 0 Å². The van der Waals surface area contributed by atoms with Gasteiger partial charge in [0, 0.05) is 7.11 Å². The summed E-state index contributed by atoms with van der Waals surface area (Å²) in [6.07, 6.45) is 1.20. The molecule has 0 aromatic heterocycles. The predicted molar refractivity (Wildman–Crippen MR) is 61.3 cm³/mol. The van der Waals surface area contributed by atoms with Crippen LogP contribution in [0.1, 0.15) is 41.0 Å². The summed E-state index contributed by atoms with van der Waals surface area (Å²) in [6, 6.07) is 1.20. The fraction of sp³-hybridized carbons (Fsp3) is 1.00. The van der Waals surface area contributed by atoms with Crippen LogP contribution < -0.4 is 4.98 Å². The highest BCUT2D eigenvalue weighted by Gasteiger charge is 2.44. The summed E-state index contributed by atoms with van der Waals surface area (Å²) in [7, 11) is 0.136. The normalized spacial score (nSPS) is 17.1. The van der Waals surface area contributed by atoms with Crippen molar-refractivity contribution in [3.8, 4) is 0 Å². The van der Waals surface area contributed by atoms with Crippen molar-refractivity contribution in [2.75, 3.05) is 13.7 Å². The Morgan fingerprint density at radius 2 is 1.77 bits per heavy atom. The fourth-order valence-corrected chi connectivity index (χ4v) is 5.54. The van der Waals surface area contributed by atoms with Gasteiger partial charge in [0.25, 0.3) is 8.48 Å². The third-order valence-corrected chi connectivity index (χ3v) is 7.87. The molecule has 80 valence electrons. The van der Waals surface area contributed by atoms with E-state index in [0.29, 0.717) is 0 Å². The maximum absolute atomic E-state index is 5.81. The summed E-state index contributed by atoms with van der Waals surface area (Å²) in [5.41, 5.74) is 0. The summed E-state index contributed by atoms with van der Waals surface area (Å²) in [4.78, 5) is 3.60. The molecule has 0 rings (SSSR count). The minimum absolute atomic E-state index is 0.272. The fourth-order valence-electron chi connectivity index (χ4n) is 1.85. The molecular formula is C10H25NOSi. The maximum Gasteiger partial charge on any atom is 0.273 e. The van der Waals surface area contributed by atoms with Gasteiger partial charge in [-0.3, -0.25) is 0 Å². The van der Waals surface area contributed by atoms with Crippen LogP contribution in [0.4, 0.5) is 0 Å². The molecule has 1 unspecified atom stereocenters. The minimum atomic E-state index is -1.72. The Labute approximate surface area is 84.3 Å². The van der Waals surface area contributed by atoms with Gasteiger partial charge in [0.05, 0.1) is 0 Å². The molecule has 0 aliphatic carbocycles. The van der Waals surface area contributed by atoms with Gasteiger partial charge in [0.1, 0.15) is 0 Å². The van der Waals surface area contributed by atoms with Crippen molar-refractivity contribution in [2.45, 2.75) is 52.1 Å². The number of rotatable bonds is 5. The van der Waals surface area contributed by atoms with Crippen molar-refractivity contribution >= 4 is 8.48 Å². The molecule has 13 heavy (non-hydrogen) atoms. The first-order valence-corrected chi connectivity index (χ1v) is 7.35. The molecule has 0 bridgehead atoms. The lowest BCUT2D eigenvalue weighted by molar-refractivity contribution is 0.343. The average Bonchev–Trinajstić information content (AvgIpc) is 2.02. The van der Waals surface area contributed by atoms with Crippen LogP contribution in [0.5, 0.6) is 0 Å². The van der Waals surface area contributed by atoms with Gasteiger partial charge in [0.2, 0.25) is 0 Å². The summed E-state index contributed by atoms with van der Waals surface area (Å²) >= 11 is 0. The van der Waals surface area contributed by atoms with E-state index in [1.54, 1.807) is 0 Å². The van der Waals surface area contributed by atoms with Crippen LogP contribution in [-0.2, 0) is 4.43 Å². The second-order valence-corrected chi connectivity index (χ2v) is 8.98. The van der Waals surface area contributed by atoms with Crippen molar-refractivity contribution in [3.05, 3.63) is 0 Å². The molecule has 0 aromatic carbocycles. The molecule has 0 spiro atoms. The third kappa shape index (κ3) is 3.08. The highest BCUT2D eigenvalue weighted by molar-refractivity contribution is 6.74. The van der Waals surface area contributed by atoms with E-state index in [1.807, 2.05) is 7.11 Å². The summed E-state index contributed by atoms with van der Waals surface area (Å²) in [6.45, 7) is 12.2. The molecule has 0 aliphatic rings. The lowest BCUT2D eigenvalue weighted by Gasteiger charge is -2.41. The standard InChI is InChI=1S/C10H25NOSi/c1-7-9-13(12-6,11-8-2)10(3,4)5/h11H,7-9H2,1-6H3. The summed E-state index contributed by atoms with van der Waals surface area (Å²) in [5.74, 6) is 0. The van der Waals surface area contributed by atoms with Gasteiger partial charge in [0.15, 0.2) is 0 Å². The number of hydrogen-bond acceptors (Lipinski definition) is 2. The Balaban J connectivity index is 4.64. The Morgan fingerprint density at radius 3 is 2.00 bits per heavy atom. The average molecular weight is 203 g/mol. The van der Waals surface area contributed by atoms with E-state index < -0.39 is 8.48 Å². The molecule has 0 saturated heterocycles. The SMILES string of the molecule is CCC[Si](NCC)(OC)C(C)(C)C. The van der Waals surface area contributed by atoms with E-state index in [1.165, 1.54) is 12.5 Å². The number of nitrogens with one attached hydrogen (secondary N) is 1. The molecule has 0 aromatic rings. The van der Waals surface area contributed by atoms with Crippen molar-refractivity contribution in [1.82, 2.24) is 4.98 Å². The van der Waals surface area contributed by atoms with Gasteiger partial charge in [-0.2, -0.15) is 0 Å². The maximum atomic E-state index is 5.81. The summed E-state index contributed by atoms with van der Waals surface area (Å²) < 4.78 is 5.81. The monoisotopic (exact) mass is 203 g/mol. The van der Waals surface area contributed by atoms with E-state index in [2.05, 4.69) is 39.6 Å². The number of hydrogen-bond donors (Lipinski definition) is 1. The van der Waals surface area contributed by atoms with E-state index in [0.717, 1.165) is 6.54 Å².